The zero-order valence-electron chi connectivity index (χ0n) is 11.8. The molecule has 1 aromatic carbocycles. The van der Waals surface area contributed by atoms with Gasteiger partial charge in [0.2, 0.25) is 5.76 Å². The molecule has 2 aromatic rings. The normalized spacial score (nSPS) is 11.3. The van der Waals surface area contributed by atoms with E-state index in [1.807, 2.05) is 0 Å². The third-order valence-corrected chi connectivity index (χ3v) is 3.06. The minimum absolute atomic E-state index is 0. The van der Waals surface area contributed by atoms with Gasteiger partial charge in [0, 0.05) is 11.6 Å². The first-order chi connectivity index (χ1) is 10.4. The quantitative estimate of drug-likeness (QED) is 0.713. The molecule has 0 amide bonds. The van der Waals surface area contributed by atoms with Gasteiger partial charge in [-0.05, 0) is 17.5 Å². The highest BCUT2D eigenvalue weighted by Gasteiger charge is 2.23. The van der Waals surface area contributed by atoms with E-state index in [9.17, 15) is 19.5 Å². The molecular weight excluding hydrogens is 370 g/mol. The molecule has 4 N–H and O–H groups in total. The summed E-state index contributed by atoms with van der Waals surface area (Å²) in [5, 5.41) is 18.1. The molecule has 0 aliphatic heterocycles. The molecule has 0 aliphatic rings. The second-order valence-corrected chi connectivity index (χ2v) is 4.61. The summed E-state index contributed by atoms with van der Waals surface area (Å²) in [6.45, 7) is 0. The maximum absolute atomic E-state index is 11.5. The summed E-state index contributed by atoms with van der Waals surface area (Å²) in [5.41, 5.74) is 5.49. The van der Waals surface area contributed by atoms with Crippen LogP contribution in [0, 0.1) is 0 Å². The third-order valence-electron chi connectivity index (χ3n) is 3.06. The van der Waals surface area contributed by atoms with Crippen molar-refractivity contribution in [2.75, 3.05) is 0 Å². The second kappa shape index (κ2) is 7.70. The summed E-state index contributed by atoms with van der Waals surface area (Å²) in [4.78, 5) is 33.8. The van der Waals surface area contributed by atoms with Gasteiger partial charge in [0.1, 0.15) is 6.04 Å². The molecule has 122 valence electrons. The van der Waals surface area contributed by atoms with Crippen LogP contribution in [-0.4, -0.2) is 28.2 Å². The molecule has 0 aliphatic carbocycles. The lowest BCUT2D eigenvalue weighted by Gasteiger charge is -2.13. The Hall–Kier alpha value is -2.45. The molecule has 1 atom stereocenters. The Bertz CT molecular complexity index is 771. The third kappa shape index (κ3) is 4.27. The lowest BCUT2D eigenvalue weighted by atomic mass is 9.95. The summed E-state index contributed by atoms with van der Waals surface area (Å²) in [7, 11) is 0. The van der Waals surface area contributed by atoms with Gasteiger partial charge in [-0.2, -0.15) is 0 Å². The van der Waals surface area contributed by atoms with Crippen molar-refractivity contribution < 1.29 is 24.2 Å². The molecule has 0 bridgehead atoms. The fourth-order valence-corrected chi connectivity index (χ4v) is 2.10. The van der Waals surface area contributed by atoms with Crippen LogP contribution in [0.15, 0.2) is 45.6 Å². The van der Waals surface area contributed by atoms with Crippen LogP contribution < -0.4 is 11.4 Å². The molecule has 0 saturated heterocycles. The largest absolute Gasteiger partial charge is 0.480 e. The number of carboxylic acid groups (broad SMARTS) is 2. The van der Waals surface area contributed by atoms with Gasteiger partial charge in [-0.1, -0.05) is 30.3 Å². The van der Waals surface area contributed by atoms with E-state index in [4.69, 9.17) is 15.3 Å². The van der Waals surface area contributed by atoms with Crippen molar-refractivity contribution in [3.8, 4) is 11.1 Å². The Morgan fingerprint density at radius 2 is 1.78 bits per heavy atom. The molecule has 2 rings (SSSR count). The average molecular weight is 384 g/mol. The van der Waals surface area contributed by atoms with E-state index in [1.165, 1.54) is 0 Å². The van der Waals surface area contributed by atoms with Crippen molar-refractivity contribution in [3.63, 3.8) is 0 Å². The van der Waals surface area contributed by atoms with Crippen molar-refractivity contribution in [1.82, 2.24) is 0 Å². The van der Waals surface area contributed by atoms with Gasteiger partial charge in [-0.25, -0.2) is 9.59 Å². The van der Waals surface area contributed by atoms with Gasteiger partial charge >= 0.3 is 17.6 Å². The molecule has 7 nitrogen and oxygen atoms in total. The van der Waals surface area contributed by atoms with Crippen molar-refractivity contribution in [2.24, 2.45) is 5.73 Å². The summed E-state index contributed by atoms with van der Waals surface area (Å²) >= 11 is 0. The first-order valence-electron chi connectivity index (χ1n) is 6.34. The number of hydrogen-bond acceptors (Lipinski definition) is 5. The number of carboxylic acids is 2. The fraction of sp³-hybridized carbons (Fsp3) is 0.133. The van der Waals surface area contributed by atoms with Crippen LogP contribution in [0.3, 0.4) is 0 Å². The minimum Gasteiger partial charge on any atom is -0.480 e. The molecular formula is C15H14BrNO6. The monoisotopic (exact) mass is 383 g/mol. The molecule has 8 heteroatoms. The fourth-order valence-electron chi connectivity index (χ4n) is 2.10. The van der Waals surface area contributed by atoms with Crippen molar-refractivity contribution in [1.29, 1.82) is 0 Å². The number of aliphatic carboxylic acids is 1. The SMILES string of the molecule is Br.NC(Cc1cc(=O)oc(C(=O)O)c1-c1ccccc1)C(=O)O. The average Bonchev–Trinajstić information content (AvgIpc) is 2.47. The topological polar surface area (TPSA) is 131 Å². The van der Waals surface area contributed by atoms with Crippen LogP contribution in [0.2, 0.25) is 0 Å². The van der Waals surface area contributed by atoms with E-state index < -0.39 is 29.4 Å². The van der Waals surface area contributed by atoms with Gasteiger partial charge in [0.05, 0.1) is 0 Å². The van der Waals surface area contributed by atoms with Crippen LogP contribution in [0.25, 0.3) is 11.1 Å². The van der Waals surface area contributed by atoms with Crippen molar-refractivity contribution in [2.45, 2.75) is 12.5 Å². The maximum Gasteiger partial charge on any atom is 0.372 e. The Morgan fingerprint density at radius 1 is 1.17 bits per heavy atom. The number of rotatable bonds is 5. The van der Waals surface area contributed by atoms with E-state index in [0.29, 0.717) is 5.56 Å². The van der Waals surface area contributed by atoms with E-state index in [0.717, 1.165) is 6.07 Å². The molecule has 0 radical (unpaired) electrons. The van der Waals surface area contributed by atoms with E-state index in [2.05, 4.69) is 0 Å². The Morgan fingerprint density at radius 3 is 2.30 bits per heavy atom. The van der Waals surface area contributed by atoms with Gasteiger partial charge in [-0.3, -0.25) is 4.79 Å². The van der Waals surface area contributed by atoms with E-state index in [1.54, 1.807) is 30.3 Å². The Kier molecular flexibility index (Phi) is 6.23. The van der Waals surface area contributed by atoms with Crippen molar-refractivity contribution in [3.05, 3.63) is 58.1 Å². The number of nitrogens with two attached hydrogens (primary N) is 1. The van der Waals surface area contributed by atoms with Crippen LogP contribution in [0.1, 0.15) is 16.1 Å². The summed E-state index contributed by atoms with van der Waals surface area (Å²) in [6.07, 6.45) is -0.189. The number of hydrogen-bond donors (Lipinski definition) is 3. The maximum atomic E-state index is 11.5. The zero-order chi connectivity index (χ0) is 16.3. The van der Waals surface area contributed by atoms with Gasteiger partial charge in [0.15, 0.2) is 0 Å². The Labute approximate surface area is 141 Å². The molecule has 1 aromatic heterocycles. The highest BCUT2D eigenvalue weighted by atomic mass is 79.9. The zero-order valence-corrected chi connectivity index (χ0v) is 13.5. The van der Waals surface area contributed by atoms with Crippen LogP contribution >= 0.6 is 17.0 Å². The first-order valence-corrected chi connectivity index (χ1v) is 6.34. The molecule has 0 spiro atoms. The predicted octanol–water partition coefficient (Wildman–Crippen LogP) is 1.54. The number of halogens is 1. The molecule has 23 heavy (non-hydrogen) atoms. The first kappa shape index (κ1) is 18.6. The lowest BCUT2D eigenvalue weighted by molar-refractivity contribution is -0.138. The molecule has 0 fully saturated rings. The van der Waals surface area contributed by atoms with Crippen molar-refractivity contribution >= 4 is 28.9 Å². The second-order valence-electron chi connectivity index (χ2n) is 4.61. The molecule has 1 unspecified atom stereocenters. The molecule has 0 saturated carbocycles. The lowest BCUT2D eigenvalue weighted by Crippen LogP contribution is -2.33. The standard InChI is InChI=1S/C15H13NO6.BrH/c16-10(14(18)19)6-9-7-11(17)22-13(15(20)21)12(9)8-4-2-1-3-5-8;/h1-5,7,10H,6,16H2,(H,18,19)(H,20,21);1H. The summed E-state index contributed by atoms with van der Waals surface area (Å²) < 4.78 is 4.76. The van der Waals surface area contributed by atoms with E-state index in [-0.39, 0.29) is 34.5 Å². The van der Waals surface area contributed by atoms with Crippen LogP contribution in [0.5, 0.6) is 0 Å². The van der Waals surface area contributed by atoms with Gasteiger partial charge in [0.25, 0.3) is 0 Å². The Balaban J connectivity index is 0.00000264. The number of carbonyl (C=O) groups is 2. The summed E-state index contributed by atoms with van der Waals surface area (Å²) in [6, 6.07) is 8.20. The van der Waals surface area contributed by atoms with Gasteiger partial charge < -0.3 is 20.4 Å². The smallest absolute Gasteiger partial charge is 0.372 e. The predicted molar refractivity (Wildman–Crippen MR) is 87.0 cm³/mol. The van der Waals surface area contributed by atoms with Crippen LogP contribution in [-0.2, 0) is 11.2 Å². The minimum atomic E-state index is -1.42. The van der Waals surface area contributed by atoms with Crippen LogP contribution in [0.4, 0.5) is 0 Å². The van der Waals surface area contributed by atoms with Gasteiger partial charge in [-0.15, -0.1) is 17.0 Å². The highest BCUT2D eigenvalue weighted by molar-refractivity contribution is 8.93. The highest BCUT2D eigenvalue weighted by Crippen LogP contribution is 2.27. The number of benzene rings is 1. The van der Waals surface area contributed by atoms with E-state index >= 15 is 0 Å². The number of aromatic carboxylic acids is 1. The molecule has 1 heterocycles. The summed E-state index contributed by atoms with van der Waals surface area (Å²) in [5.74, 6) is -3.20.